The molecule has 4 heteroatoms. The molecule has 0 atom stereocenters. The van der Waals surface area contributed by atoms with Crippen molar-refractivity contribution in [1.29, 1.82) is 0 Å². The fourth-order valence-electron chi connectivity index (χ4n) is 3.27. The molecule has 2 saturated carbocycles. The minimum absolute atomic E-state index is 0.527. The van der Waals surface area contributed by atoms with Crippen molar-refractivity contribution in [3.63, 3.8) is 0 Å². The van der Waals surface area contributed by atoms with Gasteiger partial charge in [0.1, 0.15) is 5.75 Å². The van der Waals surface area contributed by atoms with Gasteiger partial charge in [0.15, 0.2) is 0 Å². The molecule has 0 saturated heterocycles. The fraction of sp³-hybridized carbons (Fsp3) is 0.588. The molecule has 114 valence electrons. The fourth-order valence-corrected chi connectivity index (χ4v) is 3.50. The molecule has 1 aromatic rings. The number of ether oxygens (including phenoxy) is 1. The molecular weight excluding hydrogens is 288 g/mol. The Morgan fingerprint density at radius 1 is 1.29 bits per heavy atom. The number of rotatable bonds is 5. The van der Waals surface area contributed by atoms with Gasteiger partial charge in [0, 0.05) is 5.56 Å². The van der Waals surface area contributed by atoms with E-state index in [1.54, 1.807) is 6.07 Å². The van der Waals surface area contributed by atoms with Crippen LogP contribution in [0.5, 0.6) is 5.75 Å². The van der Waals surface area contributed by atoms with Gasteiger partial charge < -0.3 is 9.84 Å². The van der Waals surface area contributed by atoms with E-state index in [0.717, 1.165) is 24.8 Å². The minimum Gasteiger partial charge on any atom is -0.491 e. The zero-order valence-electron chi connectivity index (χ0n) is 12.1. The van der Waals surface area contributed by atoms with Gasteiger partial charge in [0.25, 0.3) is 0 Å². The smallest absolute Gasteiger partial charge is 0.314 e. The van der Waals surface area contributed by atoms with Crippen LogP contribution in [0.2, 0.25) is 5.02 Å². The van der Waals surface area contributed by atoms with Crippen LogP contribution in [0.3, 0.4) is 0 Å². The molecule has 1 aromatic carbocycles. The molecule has 0 aliphatic heterocycles. The third-order valence-corrected chi connectivity index (χ3v) is 5.06. The molecule has 2 aliphatic rings. The van der Waals surface area contributed by atoms with E-state index in [0.29, 0.717) is 36.1 Å². The van der Waals surface area contributed by atoms with E-state index in [1.165, 1.54) is 12.8 Å². The summed E-state index contributed by atoms with van der Waals surface area (Å²) in [5.41, 5.74) is -0.0648. The SMILES string of the molecule is O=C(O)C1(c2cccc(Cl)c2OCC2CC2)CCCCC1. The molecule has 0 radical (unpaired) electrons. The van der Waals surface area contributed by atoms with E-state index in [2.05, 4.69) is 0 Å². The van der Waals surface area contributed by atoms with Gasteiger partial charge in [-0.1, -0.05) is 43.0 Å². The molecule has 0 bridgehead atoms. The van der Waals surface area contributed by atoms with Gasteiger partial charge in [-0.2, -0.15) is 0 Å². The van der Waals surface area contributed by atoms with Gasteiger partial charge in [-0.3, -0.25) is 4.79 Å². The second-order valence-electron chi connectivity index (χ2n) is 6.32. The monoisotopic (exact) mass is 308 g/mol. The van der Waals surface area contributed by atoms with Gasteiger partial charge in [-0.15, -0.1) is 0 Å². The summed E-state index contributed by atoms with van der Waals surface area (Å²) in [6.07, 6.45) is 6.73. The Hall–Kier alpha value is -1.22. The Morgan fingerprint density at radius 2 is 2.00 bits per heavy atom. The second-order valence-corrected chi connectivity index (χ2v) is 6.73. The number of benzene rings is 1. The summed E-state index contributed by atoms with van der Waals surface area (Å²) in [7, 11) is 0. The Labute approximate surface area is 130 Å². The van der Waals surface area contributed by atoms with E-state index >= 15 is 0 Å². The summed E-state index contributed by atoms with van der Waals surface area (Å²) in [6, 6.07) is 5.50. The van der Waals surface area contributed by atoms with Crippen LogP contribution in [0.15, 0.2) is 18.2 Å². The predicted molar refractivity (Wildman–Crippen MR) is 82.1 cm³/mol. The van der Waals surface area contributed by atoms with Crippen LogP contribution in [-0.2, 0) is 10.2 Å². The highest BCUT2D eigenvalue weighted by molar-refractivity contribution is 6.32. The van der Waals surface area contributed by atoms with E-state index in [4.69, 9.17) is 16.3 Å². The summed E-state index contributed by atoms with van der Waals surface area (Å²) in [6.45, 7) is 0.645. The van der Waals surface area contributed by atoms with E-state index in [-0.39, 0.29) is 0 Å². The zero-order chi connectivity index (χ0) is 14.9. The van der Waals surface area contributed by atoms with Crippen LogP contribution < -0.4 is 4.74 Å². The average Bonchev–Trinajstić information content (AvgIpc) is 3.30. The second kappa shape index (κ2) is 5.88. The van der Waals surface area contributed by atoms with Crippen molar-refractivity contribution in [2.75, 3.05) is 6.61 Å². The highest BCUT2D eigenvalue weighted by atomic mass is 35.5. The summed E-state index contributed by atoms with van der Waals surface area (Å²) >= 11 is 6.30. The molecule has 0 aromatic heterocycles. The quantitative estimate of drug-likeness (QED) is 0.876. The number of carboxylic acids is 1. The number of halogens is 1. The van der Waals surface area contributed by atoms with Crippen molar-refractivity contribution < 1.29 is 14.6 Å². The molecule has 2 fully saturated rings. The van der Waals surface area contributed by atoms with Crippen LogP contribution in [0, 0.1) is 5.92 Å². The Bertz CT molecular complexity index is 531. The molecule has 3 nitrogen and oxygen atoms in total. The van der Waals surface area contributed by atoms with Crippen molar-refractivity contribution in [2.24, 2.45) is 5.92 Å². The van der Waals surface area contributed by atoms with Crippen LogP contribution in [0.25, 0.3) is 0 Å². The standard InChI is InChI=1S/C17H21ClO3/c18-14-6-4-5-13(15(14)21-11-12-7-8-12)17(16(19)20)9-2-1-3-10-17/h4-6,12H,1-3,7-11H2,(H,19,20). The molecule has 0 unspecified atom stereocenters. The lowest BCUT2D eigenvalue weighted by Gasteiger charge is -2.35. The van der Waals surface area contributed by atoms with Crippen molar-refractivity contribution in [3.05, 3.63) is 28.8 Å². The number of carbonyl (C=O) groups is 1. The highest BCUT2D eigenvalue weighted by Gasteiger charge is 2.43. The summed E-state index contributed by atoms with van der Waals surface area (Å²) in [4.78, 5) is 12.0. The molecule has 1 N–H and O–H groups in total. The Kier molecular flexibility index (Phi) is 4.12. The first kappa shape index (κ1) is 14.7. The third kappa shape index (κ3) is 2.89. The Morgan fingerprint density at radius 3 is 2.62 bits per heavy atom. The van der Waals surface area contributed by atoms with Crippen molar-refractivity contribution in [2.45, 2.75) is 50.4 Å². The molecule has 3 rings (SSSR count). The summed E-state index contributed by atoms with van der Waals surface area (Å²) in [5.74, 6) is 0.456. The van der Waals surface area contributed by atoms with Crippen LogP contribution >= 0.6 is 11.6 Å². The minimum atomic E-state index is -0.831. The van der Waals surface area contributed by atoms with Crippen LogP contribution in [0.4, 0.5) is 0 Å². The first-order chi connectivity index (χ1) is 10.1. The lowest BCUT2D eigenvalue weighted by Crippen LogP contribution is -2.38. The number of hydrogen-bond donors (Lipinski definition) is 1. The maximum absolute atomic E-state index is 12.0. The topological polar surface area (TPSA) is 46.5 Å². The molecule has 0 heterocycles. The van der Waals surface area contributed by atoms with Crippen molar-refractivity contribution in [1.82, 2.24) is 0 Å². The van der Waals surface area contributed by atoms with Gasteiger partial charge in [-0.05, 0) is 37.7 Å². The summed E-state index contributed by atoms with van der Waals surface area (Å²) in [5, 5.41) is 10.4. The first-order valence-electron chi connectivity index (χ1n) is 7.79. The maximum Gasteiger partial charge on any atom is 0.314 e. The van der Waals surface area contributed by atoms with E-state index < -0.39 is 11.4 Å². The first-order valence-corrected chi connectivity index (χ1v) is 8.16. The van der Waals surface area contributed by atoms with E-state index in [9.17, 15) is 9.90 Å². The molecule has 21 heavy (non-hydrogen) atoms. The normalized spacial score (nSPS) is 21.0. The average molecular weight is 309 g/mol. The van der Waals surface area contributed by atoms with Gasteiger partial charge in [-0.25, -0.2) is 0 Å². The lowest BCUT2D eigenvalue weighted by molar-refractivity contribution is -0.145. The zero-order valence-corrected chi connectivity index (χ0v) is 12.9. The molecule has 2 aliphatic carbocycles. The number of hydrogen-bond acceptors (Lipinski definition) is 2. The number of carboxylic acid groups (broad SMARTS) is 1. The van der Waals surface area contributed by atoms with Crippen molar-refractivity contribution >= 4 is 17.6 Å². The lowest BCUT2D eigenvalue weighted by atomic mass is 9.69. The Balaban J connectivity index is 1.97. The van der Waals surface area contributed by atoms with E-state index in [1.807, 2.05) is 12.1 Å². The summed E-state index contributed by atoms with van der Waals surface area (Å²) < 4.78 is 5.93. The molecule has 0 amide bonds. The molecule has 0 spiro atoms. The van der Waals surface area contributed by atoms with Gasteiger partial charge >= 0.3 is 5.97 Å². The van der Waals surface area contributed by atoms with Gasteiger partial charge in [0.2, 0.25) is 0 Å². The third-order valence-electron chi connectivity index (χ3n) is 4.76. The highest BCUT2D eigenvalue weighted by Crippen LogP contribution is 2.46. The van der Waals surface area contributed by atoms with Gasteiger partial charge in [0.05, 0.1) is 17.0 Å². The van der Waals surface area contributed by atoms with Crippen LogP contribution in [-0.4, -0.2) is 17.7 Å². The molecular formula is C17H21ClO3. The maximum atomic E-state index is 12.0. The largest absolute Gasteiger partial charge is 0.491 e. The van der Waals surface area contributed by atoms with Crippen molar-refractivity contribution in [3.8, 4) is 5.75 Å². The predicted octanol–water partition coefficient (Wildman–Crippen LogP) is 4.42. The van der Waals surface area contributed by atoms with Crippen LogP contribution in [0.1, 0.15) is 50.5 Å². The number of aliphatic carboxylic acids is 1. The number of para-hydroxylation sites is 1.